The van der Waals surface area contributed by atoms with E-state index in [1.807, 2.05) is 0 Å². The van der Waals surface area contributed by atoms with E-state index in [0.717, 1.165) is 11.8 Å². The Morgan fingerprint density at radius 2 is 1.62 bits per heavy atom. The van der Waals surface area contributed by atoms with E-state index in [1.54, 1.807) is 0 Å². The molecule has 0 radical (unpaired) electrons. The molecule has 0 saturated carbocycles. The number of carboxylic acids is 2. The second-order valence-electron chi connectivity index (χ2n) is 2.31. The molecule has 0 bridgehead atoms. The van der Waals surface area contributed by atoms with E-state index in [0.29, 0.717) is 10.1 Å². The fourth-order valence-corrected chi connectivity index (χ4v) is 1.56. The number of thioether (sulfide) groups is 1. The number of rotatable bonds is 6. The number of carboxylic acid groups (broad SMARTS) is 2. The molecule has 0 unspecified atom stereocenters. The Morgan fingerprint density at radius 3 is 2.06 bits per heavy atom. The molecule has 80 valence electrons. The SMILES string of the molecule is O=C([O-])CCNC(=S)SCCC(=O)[O-].[Li+].[Li+]. The first kappa shape index (κ1) is 21.6. The fraction of sp³-hybridized carbons (Fsp3) is 0.571. The third-order valence-corrected chi connectivity index (χ3v) is 2.45. The van der Waals surface area contributed by atoms with Crippen LogP contribution in [0.25, 0.3) is 0 Å². The van der Waals surface area contributed by atoms with Gasteiger partial charge >= 0.3 is 37.7 Å². The number of hydrogen-bond donors (Lipinski definition) is 1. The smallest absolute Gasteiger partial charge is 0.550 e. The summed E-state index contributed by atoms with van der Waals surface area (Å²) < 4.78 is 0.382. The van der Waals surface area contributed by atoms with Gasteiger partial charge in [-0.1, -0.05) is 24.0 Å². The minimum atomic E-state index is -1.15. The van der Waals surface area contributed by atoms with Crippen molar-refractivity contribution in [1.82, 2.24) is 5.32 Å². The molecule has 0 spiro atoms. The van der Waals surface area contributed by atoms with Crippen molar-refractivity contribution >= 4 is 40.2 Å². The van der Waals surface area contributed by atoms with Crippen molar-refractivity contribution in [2.45, 2.75) is 12.8 Å². The van der Waals surface area contributed by atoms with Crippen molar-refractivity contribution in [1.29, 1.82) is 0 Å². The normalized spacial score (nSPS) is 8.25. The zero-order valence-electron chi connectivity index (χ0n) is 9.28. The van der Waals surface area contributed by atoms with E-state index in [4.69, 9.17) is 12.2 Å². The second kappa shape index (κ2) is 13.4. The zero-order chi connectivity index (χ0) is 11.0. The molecular formula is C7H9Li2NO4S2. The van der Waals surface area contributed by atoms with Gasteiger partial charge in [0, 0.05) is 30.7 Å². The van der Waals surface area contributed by atoms with Crippen molar-refractivity contribution in [2.24, 2.45) is 0 Å². The molecule has 0 aliphatic heterocycles. The summed E-state index contributed by atoms with van der Waals surface area (Å²) >= 11 is 5.93. The number of aliphatic carboxylic acids is 2. The molecule has 0 aromatic rings. The van der Waals surface area contributed by atoms with E-state index in [2.05, 4.69) is 5.32 Å². The molecular weight excluding hydrogens is 240 g/mol. The van der Waals surface area contributed by atoms with Gasteiger partial charge in [0.05, 0.1) is 0 Å². The molecule has 0 fully saturated rings. The molecule has 0 aliphatic rings. The maximum absolute atomic E-state index is 10.0. The first-order chi connectivity index (χ1) is 6.52. The summed E-state index contributed by atoms with van der Waals surface area (Å²) in [5, 5.41) is 22.7. The number of carbonyl (C=O) groups excluding carboxylic acids is 2. The van der Waals surface area contributed by atoms with Crippen LogP contribution in [0.1, 0.15) is 12.8 Å². The molecule has 0 rings (SSSR count). The van der Waals surface area contributed by atoms with E-state index >= 15 is 0 Å². The Hall–Kier alpha value is 0.375. The summed E-state index contributed by atoms with van der Waals surface area (Å²) in [6, 6.07) is 0. The van der Waals surface area contributed by atoms with Crippen LogP contribution in [-0.4, -0.2) is 28.6 Å². The standard InChI is InChI=1S/C7H11NO4S2.2Li/c9-5(10)1-3-8-7(13)14-4-2-6(11)12;;/h1-4H2,(H,8,13)(H,9,10)(H,11,12);;/q;2*+1/p-2. The Labute approximate surface area is 127 Å². The summed E-state index contributed by atoms with van der Waals surface area (Å²) in [7, 11) is 0. The molecule has 0 atom stereocenters. The topological polar surface area (TPSA) is 92.3 Å². The third-order valence-electron chi connectivity index (χ3n) is 1.14. The zero-order valence-corrected chi connectivity index (χ0v) is 10.9. The second-order valence-corrected chi connectivity index (χ2v) is 4.08. The summed E-state index contributed by atoms with van der Waals surface area (Å²) in [5.74, 6) is -1.96. The first-order valence-electron chi connectivity index (χ1n) is 3.82. The van der Waals surface area contributed by atoms with Gasteiger partial charge in [-0.3, -0.25) is 0 Å². The number of hydrogen-bond acceptors (Lipinski definition) is 6. The minimum absolute atomic E-state index is 0. The average Bonchev–Trinajstić information content (AvgIpc) is 2.02. The van der Waals surface area contributed by atoms with Crippen LogP contribution in [0.15, 0.2) is 0 Å². The van der Waals surface area contributed by atoms with Crippen molar-refractivity contribution in [3.8, 4) is 0 Å². The summed E-state index contributed by atoms with van der Waals surface area (Å²) in [6.07, 6.45) is -0.200. The van der Waals surface area contributed by atoms with Gasteiger partial charge in [0.1, 0.15) is 4.32 Å². The monoisotopic (exact) mass is 249 g/mol. The van der Waals surface area contributed by atoms with Gasteiger partial charge in [0.25, 0.3) is 0 Å². The number of thiocarbonyl (C=S) groups is 1. The Morgan fingerprint density at radius 1 is 1.12 bits per heavy atom. The molecule has 0 aromatic heterocycles. The van der Waals surface area contributed by atoms with Crippen LogP contribution in [0.5, 0.6) is 0 Å². The molecule has 5 nitrogen and oxygen atoms in total. The van der Waals surface area contributed by atoms with Crippen molar-refractivity contribution in [3.05, 3.63) is 0 Å². The van der Waals surface area contributed by atoms with Gasteiger partial charge in [0.15, 0.2) is 0 Å². The Balaban J connectivity index is -0.000000845. The van der Waals surface area contributed by atoms with Crippen LogP contribution < -0.4 is 53.3 Å². The molecule has 9 heteroatoms. The van der Waals surface area contributed by atoms with Gasteiger partial charge in [-0.05, 0) is 6.42 Å². The van der Waals surface area contributed by atoms with Gasteiger partial charge < -0.3 is 25.1 Å². The Kier molecular flexibility index (Phi) is 18.2. The van der Waals surface area contributed by atoms with Gasteiger partial charge in [0.2, 0.25) is 0 Å². The van der Waals surface area contributed by atoms with Crippen molar-refractivity contribution < 1.29 is 57.5 Å². The summed E-state index contributed by atoms with van der Waals surface area (Å²) in [6.45, 7) is 0.194. The van der Waals surface area contributed by atoms with E-state index in [-0.39, 0.29) is 57.1 Å². The quantitative estimate of drug-likeness (QED) is 0.369. The molecule has 0 aromatic carbocycles. The average molecular weight is 249 g/mol. The maximum atomic E-state index is 10.0. The van der Waals surface area contributed by atoms with Crippen molar-refractivity contribution in [3.63, 3.8) is 0 Å². The third kappa shape index (κ3) is 16.8. The van der Waals surface area contributed by atoms with E-state index in [9.17, 15) is 19.8 Å². The number of carbonyl (C=O) groups is 2. The number of nitrogens with one attached hydrogen (secondary N) is 1. The fourth-order valence-electron chi connectivity index (χ4n) is 0.545. The predicted octanol–water partition coefficient (Wildman–Crippen LogP) is -8.12. The molecule has 16 heavy (non-hydrogen) atoms. The van der Waals surface area contributed by atoms with Gasteiger partial charge in [-0.2, -0.15) is 0 Å². The van der Waals surface area contributed by atoms with Crippen LogP contribution in [0.4, 0.5) is 0 Å². The van der Waals surface area contributed by atoms with Crippen LogP contribution in [0.2, 0.25) is 0 Å². The predicted molar refractivity (Wildman–Crippen MR) is 52.3 cm³/mol. The largest absolute Gasteiger partial charge is 1.00 e. The maximum Gasteiger partial charge on any atom is 1.00 e. The summed E-state index contributed by atoms with van der Waals surface area (Å²) in [4.78, 5) is 20.0. The Bertz CT molecular complexity index is 218. The van der Waals surface area contributed by atoms with Crippen LogP contribution in [-0.2, 0) is 9.59 Å². The van der Waals surface area contributed by atoms with Crippen LogP contribution in [0, 0.1) is 0 Å². The van der Waals surface area contributed by atoms with Gasteiger partial charge in [-0.25, -0.2) is 0 Å². The van der Waals surface area contributed by atoms with E-state index < -0.39 is 11.9 Å². The molecule has 1 N–H and O–H groups in total. The van der Waals surface area contributed by atoms with Gasteiger partial charge in [-0.15, -0.1) is 0 Å². The molecule has 0 heterocycles. The molecule has 0 aliphatic carbocycles. The summed E-state index contributed by atoms with van der Waals surface area (Å²) in [5.41, 5.74) is 0. The minimum Gasteiger partial charge on any atom is -0.550 e. The molecule has 0 saturated heterocycles. The van der Waals surface area contributed by atoms with Crippen LogP contribution >= 0.6 is 24.0 Å². The van der Waals surface area contributed by atoms with E-state index in [1.165, 1.54) is 0 Å². The first-order valence-corrected chi connectivity index (χ1v) is 5.22. The van der Waals surface area contributed by atoms with Crippen LogP contribution in [0.3, 0.4) is 0 Å². The van der Waals surface area contributed by atoms with Crippen molar-refractivity contribution in [2.75, 3.05) is 12.3 Å². The molecule has 0 amide bonds.